The topological polar surface area (TPSA) is 21.3 Å². The fourth-order valence-corrected chi connectivity index (χ4v) is 2.60. The lowest BCUT2D eigenvalue weighted by molar-refractivity contribution is 0.198. The van der Waals surface area contributed by atoms with E-state index < -0.39 is 0 Å². The maximum Gasteiger partial charge on any atom is 0.120 e. The van der Waals surface area contributed by atoms with E-state index in [1.807, 2.05) is 0 Å². The fourth-order valence-electron chi connectivity index (χ4n) is 2.60. The first kappa shape index (κ1) is 15.4. The molecule has 1 aliphatic carbocycles. The van der Waals surface area contributed by atoms with Crippen LogP contribution in [0.25, 0.3) is 0 Å². The van der Waals surface area contributed by atoms with Crippen LogP contribution in [0.5, 0.6) is 5.75 Å². The van der Waals surface area contributed by atoms with E-state index in [4.69, 9.17) is 4.74 Å². The Morgan fingerprint density at radius 1 is 1.20 bits per heavy atom. The third-order valence-corrected chi connectivity index (χ3v) is 4.41. The Morgan fingerprint density at radius 3 is 2.60 bits per heavy atom. The molecule has 0 amide bonds. The number of ether oxygens (including phenoxy) is 1. The number of benzene rings is 1. The number of rotatable bonds is 6. The number of hydrogen-bond acceptors (Lipinski definition) is 2. The monoisotopic (exact) mass is 275 g/mol. The maximum atomic E-state index is 6.06. The molecular weight excluding hydrogens is 246 g/mol. The smallest absolute Gasteiger partial charge is 0.120 e. The molecule has 1 unspecified atom stereocenters. The van der Waals surface area contributed by atoms with Crippen LogP contribution < -0.4 is 10.1 Å². The summed E-state index contributed by atoms with van der Waals surface area (Å²) in [5.41, 5.74) is 3.19. The Morgan fingerprint density at radius 2 is 1.90 bits per heavy atom. The van der Waals surface area contributed by atoms with Crippen molar-refractivity contribution in [3.8, 4) is 5.75 Å². The third-order valence-electron chi connectivity index (χ3n) is 4.41. The molecule has 0 saturated carbocycles. The van der Waals surface area contributed by atoms with Crippen molar-refractivity contribution in [1.29, 1.82) is 0 Å². The highest BCUT2D eigenvalue weighted by Crippen LogP contribution is 2.25. The molecule has 20 heavy (non-hydrogen) atoms. The predicted molar refractivity (Wildman–Crippen MR) is 85.5 cm³/mol. The molecular formula is C18H29NO. The Hall–Kier alpha value is -1.02. The molecule has 0 bridgehead atoms. The van der Waals surface area contributed by atoms with Gasteiger partial charge in [0.05, 0.1) is 0 Å². The molecule has 1 atom stereocenters. The summed E-state index contributed by atoms with van der Waals surface area (Å²) in [5.74, 6) is 1.02. The van der Waals surface area contributed by atoms with E-state index in [0.29, 0.717) is 0 Å². The fraction of sp³-hybridized carbons (Fsp3) is 0.667. The van der Waals surface area contributed by atoms with E-state index in [-0.39, 0.29) is 11.6 Å². The molecule has 1 aromatic carbocycles. The van der Waals surface area contributed by atoms with Gasteiger partial charge in [-0.1, -0.05) is 13.0 Å². The van der Waals surface area contributed by atoms with Gasteiger partial charge in [0, 0.05) is 12.1 Å². The molecule has 0 aromatic heterocycles. The van der Waals surface area contributed by atoms with Crippen LogP contribution in [0.1, 0.15) is 58.1 Å². The van der Waals surface area contributed by atoms with Gasteiger partial charge in [-0.25, -0.2) is 0 Å². The third kappa shape index (κ3) is 4.24. The number of fused-ring (bicyclic) bond motifs is 1. The summed E-state index contributed by atoms with van der Waals surface area (Å²) in [4.78, 5) is 0. The van der Waals surface area contributed by atoms with Gasteiger partial charge in [0.1, 0.15) is 11.9 Å². The summed E-state index contributed by atoms with van der Waals surface area (Å²) >= 11 is 0. The van der Waals surface area contributed by atoms with Crippen molar-refractivity contribution < 1.29 is 4.74 Å². The van der Waals surface area contributed by atoms with E-state index in [1.165, 1.54) is 36.8 Å². The van der Waals surface area contributed by atoms with Crippen LogP contribution in [0, 0.1) is 0 Å². The minimum atomic E-state index is 0.188. The lowest BCUT2D eigenvalue weighted by Crippen LogP contribution is -2.43. The molecule has 2 nitrogen and oxygen atoms in total. The van der Waals surface area contributed by atoms with Crippen molar-refractivity contribution >= 4 is 0 Å². The van der Waals surface area contributed by atoms with Gasteiger partial charge in [0.2, 0.25) is 0 Å². The van der Waals surface area contributed by atoms with Crippen molar-refractivity contribution in [2.45, 2.75) is 71.4 Å². The lowest BCUT2D eigenvalue weighted by atomic mass is 9.92. The van der Waals surface area contributed by atoms with Crippen LogP contribution in [0.4, 0.5) is 0 Å². The summed E-state index contributed by atoms with van der Waals surface area (Å²) in [6, 6.07) is 6.63. The summed E-state index contributed by atoms with van der Waals surface area (Å²) in [6.45, 7) is 9.70. The van der Waals surface area contributed by atoms with Gasteiger partial charge in [-0.3, -0.25) is 0 Å². The first-order valence-electron chi connectivity index (χ1n) is 8.03. The molecule has 0 spiro atoms. The molecule has 0 saturated heterocycles. The molecule has 0 aliphatic heterocycles. The lowest BCUT2D eigenvalue weighted by Gasteiger charge is -2.27. The Bertz CT molecular complexity index is 439. The summed E-state index contributed by atoms with van der Waals surface area (Å²) < 4.78 is 6.06. The van der Waals surface area contributed by atoms with Gasteiger partial charge in [-0.2, -0.15) is 0 Å². The SMILES string of the molecule is CCC(C)(C)NCC(C)Oc1ccc2c(c1)CCCC2. The normalized spacial score (nSPS) is 16.6. The van der Waals surface area contributed by atoms with Crippen molar-refractivity contribution in [3.05, 3.63) is 29.3 Å². The highest BCUT2D eigenvalue weighted by atomic mass is 16.5. The molecule has 2 heteroatoms. The van der Waals surface area contributed by atoms with E-state index >= 15 is 0 Å². The minimum Gasteiger partial charge on any atom is -0.489 e. The Labute approximate surface area is 123 Å². The second kappa shape index (κ2) is 6.62. The highest BCUT2D eigenvalue weighted by Gasteiger charge is 2.16. The Kier molecular flexibility index (Phi) is 5.09. The molecule has 1 N–H and O–H groups in total. The average molecular weight is 275 g/mol. The minimum absolute atomic E-state index is 0.188. The van der Waals surface area contributed by atoms with E-state index in [0.717, 1.165) is 18.7 Å². The van der Waals surface area contributed by atoms with E-state index in [2.05, 4.69) is 51.2 Å². The van der Waals surface area contributed by atoms with Crippen LogP contribution in [-0.4, -0.2) is 18.2 Å². The van der Waals surface area contributed by atoms with Crippen molar-refractivity contribution in [2.24, 2.45) is 0 Å². The first-order valence-corrected chi connectivity index (χ1v) is 8.03. The highest BCUT2D eigenvalue weighted by molar-refractivity contribution is 5.37. The second-order valence-electron chi connectivity index (χ2n) is 6.68. The summed E-state index contributed by atoms with van der Waals surface area (Å²) in [6.07, 6.45) is 6.41. The predicted octanol–water partition coefficient (Wildman–Crippen LogP) is 4.11. The van der Waals surface area contributed by atoms with Gasteiger partial charge >= 0.3 is 0 Å². The van der Waals surface area contributed by atoms with Crippen LogP contribution in [0.15, 0.2) is 18.2 Å². The van der Waals surface area contributed by atoms with Crippen LogP contribution in [-0.2, 0) is 12.8 Å². The number of hydrogen-bond donors (Lipinski definition) is 1. The molecule has 0 heterocycles. The van der Waals surface area contributed by atoms with E-state index in [1.54, 1.807) is 0 Å². The number of nitrogens with one attached hydrogen (secondary N) is 1. The maximum absolute atomic E-state index is 6.06. The largest absolute Gasteiger partial charge is 0.489 e. The van der Waals surface area contributed by atoms with Crippen molar-refractivity contribution in [2.75, 3.05) is 6.54 Å². The van der Waals surface area contributed by atoms with Crippen LogP contribution in [0.3, 0.4) is 0 Å². The molecule has 0 fully saturated rings. The molecule has 2 rings (SSSR count). The zero-order chi connectivity index (χ0) is 14.6. The van der Waals surface area contributed by atoms with Crippen LogP contribution in [0.2, 0.25) is 0 Å². The molecule has 1 aliphatic rings. The van der Waals surface area contributed by atoms with Crippen molar-refractivity contribution in [3.63, 3.8) is 0 Å². The van der Waals surface area contributed by atoms with Crippen molar-refractivity contribution in [1.82, 2.24) is 5.32 Å². The van der Waals surface area contributed by atoms with Gasteiger partial charge in [0.15, 0.2) is 0 Å². The molecule has 1 aromatic rings. The molecule has 112 valence electrons. The van der Waals surface area contributed by atoms with Gasteiger partial charge in [-0.15, -0.1) is 0 Å². The van der Waals surface area contributed by atoms with Gasteiger partial charge < -0.3 is 10.1 Å². The van der Waals surface area contributed by atoms with E-state index in [9.17, 15) is 0 Å². The standard InChI is InChI=1S/C18H29NO/c1-5-18(3,4)19-13-14(2)20-17-11-10-15-8-6-7-9-16(15)12-17/h10-12,14,19H,5-9,13H2,1-4H3. The summed E-state index contributed by atoms with van der Waals surface area (Å²) in [7, 11) is 0. The zero-order valence-corrected chi connectivity index (χ0v) is 13.5. The zero-order valence-electron chi connectivity index (χ0n) is 13.5. The Balaban J connectivity index is 1.89. The second-order valence-corrected chi connectivity index (χ2v) is 6.68. The number of aryl methyl sites for hydroxylation is 2. The first-order chi connectivity index (χ1) is 9.50. The average Bonchev–Trinajstić information content (AvgIpc) is 2.45. The van der Waals surface area contributed by atoms with Gasteiger partial charge in [0.25, 0.3) is 0 Å². The van der Waals surface area contributed by atoms with Crippen LogP contribution >= 0.6 is 0 Å². The summed E-state index contributed by atoms with van der Waals surface area (Å²) in [5, 5.41) is 3.57. The quantitative estimate of drug-likeness (QED) is 0.843. The van der Waals surface area contributed by atoms with Gasteiger partial charge in [-0.05, 0) is 76.1 Å². The molecule has 0 radical (unpaired) electrons.